The Morgan fingerprint density at radius 1 is 0.667 bits per heavy atom. The van der Waals surface area contributed by atoms with Gasteiger partial charge in [0.1, 0.15) is 11.4 Å². The molecule has 12 nitrogen and oxygen atoms in total. The zero-order valence-electron chi connectivity index (χ0n) is 23.6. The summed E-state index contributed by atoms with van der Waals surface area (Å²) in [6, 6.07) is 12.3. The van der Waals surface area contributed by atoms with E-state index >= 15 is 0 Å². The van der Waals surface area contributed by atoms with Crippen molar-refractivity contribution >= 4 is 34.6 Å². The van der Waals surface area contributed by atoms with E-state index in [9.17, 15) is 0 Å². The molecule has 0 amide bonds. The summed E-state index contributed by atoms with van der Waals surface area (Å²) in [5, 5.41) is 32.8. The van der Waals surface area contributed by atoms with Crippen LogP contribution in [0, 0.1) is 13.8 Å². The molecule has 0 radical (unpaired) electrons. The van der Waals surface area contributed by atoms with Crippen molar-refractivity contribution in [2.45, 2.75) is 33.1 Å². The third-order valence-electron chi connectivity index (χ3n) is 6.41. The van der Waals surface area contributed by atoms with Crippen LogP contribution in [0.15, 0.2) is 69.5 Å². The maximum Gasteiger partial charge on any atom is 0.403 e. The molecule has 0 aliphatic carbocycles. The van der Waals surface area contributed by atoms with Gasteiger partial charge in [-0.15, -0.1) is 9.36 Å². The number of benzene rings is 2. The molecule has 2 N–H and O–H groups in total. The summed E-state index contributed by atoms with van der Waals surface area (Å²) in [5.41, 5.74) is 6.04. The topological polar surface area (TPSA) is 117 Å². The van der Waals surface area contributed by atoms with Crippen LogP contribution in [-0.4, -0.2) is 32.7 Å². The molecule has 0 fully saturated rings. The molecule has 0 saturated carbocycles. The predicted octanol–water partition coefficient (Wildman–Crippen LogP) is 4.94. The Balaban J connectivity index is 1.16. The van der Waals surface area contributed by atoms with Crippen molar-refractivity contribution in [2.75, 3.05) is 23.7 Å². The van der Waals surface area contributed by atoms with Crippen LogP contribution in [-0.2, 0) is 28.2 Å². The number of unbranched alkanes of at least 4 members (excludes halogenated alkanes) is 2. The number of nitrogens with zero attached hydrogens (tertiary/aromatic N) is 10. The Morgan fingerprint density at radius 3 is 1.46 bits per heavy atom. The second kappa shape index (κ2) is 12.9. The Bertz CT molecular complexity index is 1310. The van der Waals surface area contributed by atoms with Crippen LogP contribution in [0.2, 0.25) is 0 Å². The summed E-state index contributed by atoms with van der Waals surface area (Å²) >= 11 is 0. The number of aromatic nitrogens is 6. The third-order valence-corrected chi connectivity index (χ3v) is 6.41. The standard InChI is InChI=1S/C27H36N12/c1-20-16-22(10-12-24(20)32-34-26-36(3)18-30-38(26)5)28-14-8-7-9-15-29-23-11-13-25(21(2)17-23)33-35-27-37(4)19-31-39(27)6/h10-13,16-19H,7-9,14-15H2,1-6H3/p+2. The van der Waals surface area contributed by atoms with E-state index in [4.69, 9.17) is 0 Å². The van der Waals surface area contributed by atoms with Gasteiger partial charge in [-0.05, 0) is 90.8 Å². The first-order valence-electron chi connectivity index (χ1n) is 13.1. The van der Waals surface area contributed by atoms with Gasteiger partial charge in [0.05, 0.1) is 28.2 Å². The highest BCUT2D eigenvalue weighted by atomic mass is 15.4. The predicted molar refractivity (Wildman–Crippen MR) is 150 cm³/mol. The molecule has 2 heterocycles. The molecule has 0 bridgehead atoms. The fraction of sp³-hybridized carbons (Fsp3) is 0.407. The molecule has 2 aromatic carbocycles. The Morgan fingerprint density at radius 2 is 1.10 bits per heavy atom. The number of aryl methyl sites for hydroxylation is 6. The van der Waals surface area contributed by atoms with Gasteiger partial charge in [0.15, 0.2) is 0 Å². The second-order valence-electron chi connectivity index (χ2n) is 9.65. The Labute approximate surface area is 229 Å². The van der Waals surface area contributed by atoms with Gasteiger partial charge in [-0.1, -0.05) is 10.2 Å². The van der Waals surface area contributed by atoms with Crippen LogP contribution in [0.5, 0.6) is 0 Å². The summed E-state index contributed by atoms with van der Waals surface area (Å²) in [5.74, 6) is 1.38. The highest BCUT2D eigenvalue weighted by Gasteiger charge is 2.13. The highest BCUT2D eigenvalue weighted by Crippen LogP contribution is 2.25. The van der Waals surface area contributed by atoms with Crippen LogP contribution in [0.3, 0.4) is 0 Å². The molecule has 39 heavy (non-hydrogen) atoms. The number of anilines is 2. The van der Waals surface area contributed by atoms with Gasteiger partial charge in [0.25, 0.3) is 0 Å². The average Bonchev–Trinajstić information content (AvgIpc) is 3.41. The summed E-state index contributed by atoms with van der Waals surface area (Å²) in [7, 11) is 7.50. The monoisotopic (exact) mass is 530 g/mol. The van der Waals surface area contributed by atoms with Crippen molar-refractivity contribution in [3.63, 3.8) is 0 Å². The van der Waals surface area contributed by atoms with Crippen LogP contribution >= 0.6 is 0 Å². The fourth-order valence-electron chi connectivity index (χ4n) is 4.09. The number of hydrogen-bond donors (Lipinski definition) is 2. The maximum atomic E-state index is 4.40. The first-order chi connectivity index (χ1) is 18.8. The molecule has 0 atom stereocenters. The van der Waals surface area contributed by atoms with E-state index < -0.39 is 0 Å². The molecular formula is C27H38N12+2. The van der Waals surface area contributed by atoms with Crippen LogP contribution in [0.25, 0.3) is 0 Å². The number of rotatable bonds is 12. The van der Waals surface area contributed by atoms with E-state index in [1.165, 1.54) is 0 Å². The van der Waals surface area contributed by atoms with E-state index in [1.807, 2.05) is 63.3 Å². The van der Waals surface area contributed by atoms with Gasteiger partial charge in [0.2, 0.25) is 12.7 Å². The Hall–Kier alpha value is -4.48. The van der Waals surface area contributed by atoms with Gasteiger partial charge >= 0.3 is 11.9 Å². The van der Waals surface area contributed by atoms with Crippen molar-refractivity contribution in [3.05, 3.63) is 60.2 Å². The van der Waals surface area contributed by atoms with E-state index in [1.54, 1.807) is 22.0 Å². The molecule has 12 heteroatoms. The second-order valence-corrected chi connectivity index (χ2v) is 9.65. The molecule has 0 aliphatic rings. The molecule has 0 spiro atoms. The zero-order chi connectivity index (χ0) is 27.8. The Kier molecular flexibility index (Phi) is 9.08. The minimum Gasteiger partial charge on any atom is -0.385 e. The quantitative estimate of drug-likeness (QED) is 0.153. The maximum absolute atomic E-state index is 4.40. The van der Waals surface area contributed by atoms with Crippen molar-refractivity contribution in [1.29, 1.82) is 0 Å². The first-order valence-corrected chi connectivity index (χ1v) is 13.1. The van der Waals surface area contributed by atoms with E-state index in [2.05, 4.69) is 65.6 Å². The molecular weight excluding hydrogens is 492 g/mol. The minimum atomic E-state index is 0.691. The molecule has 4 aromatic rings. The fourth-order valence-corrected chi connectivity index (χ4v) is 4.09. The lowest BCUT2D eigenvalue weighted by Gasteiger charge is -2.09. The number of nitrogens with one attached hydrogen (secondary N) is 2. The largest absolute Gasteiger partial charge is 0.403 e. The average molecular weight is 531 g/mol. The first kappa shape index (κ1) is 27.6. The number of azo groups is 2. The molecule has 0 unspecified atom stereocenters. The smallest absolute Gasteiger partial charge is 0.385 e. The van der Waals surface area contributed by atoms with Gasteiger partial charge in [0, 0.05) is 34.7 Å². The van der Waals surface area contributed by atoms with E-state index in [0.29, 0.717) is 11.9 Å². The molecule has 204 valence electrons. The molecule has 0 aliphatic heterocycles. The van der Waals surface area contributed by atoms with Gasteiger partial charge < -0.3 is 10.6 Å². The van der Waals surface area contributed by atoms with E-state index in [-0.39, 0.29) is 0 Å². The molecule has 4 rings (SSSR count). The lowest BCUT2D eigenvalue weighted by Crippen LogP contribution is -2.25. The zero-order valence-corrected chi connectivity index (χ0v) is 23.6. The lowest BCUT2D eigenvalue weighted by atomic mass is 10.1. The normalized spacial score (nSPS) is 11.6. The van der Waals surface area contributed by atoms with Gasteiger partial charge in [-0.3, -0.25) is 0 Å². The van der Waals surface area contributed by atoms with Crippen LogP contribution in [0.4, 0.5) is 34.6 Å². The van der Waals surface area contributed by atoms with Crippen molar-refractivity contribution in [2.24, 2.45) is 48.6 Å². The van der Waals surface area contributed by atoms with Gasteiger partial charge in [-0.25, -0.2) is 9.13 Å². The summed E-state index contributed by atoms with van der Waals surface area (Å²) in [6.45, 7) is 5.95. The number of hydrogen-bond acceptors (Lipinski definition) is 8. The lowest BCUT2D eigenvalue weighted by molar-refractivity contribution is -0.659. The van der Waals surface area contributed by atoms with Crippen LogP contribution < -0.4 is 19.8 Å². The molecule has 0 saturated heterocycles. The minimum absolute atomic E-state index is 0.691. The van der Waals surface area contributed by atoms with Gasteiger partial charge in [-0.2, -0.15) is 0 Å². The summed E-state index contributed by atoms with van der Waals surface area (Å²) < 4.78 is 7.06. The van der Waals surface area contributed by atoms with Crippen LogP contribution in [0.1, 0.15) is 30.4 Å². The molecule has 2 aromatic heterocycles. The van der Waals surface area contributed by atoms with Crippen molar-refractivity contribution in [3.8, 4) is 0 Å². The van der Waals surface area contributed by atoms with Crippen molar-refractivity contribution in [1.82, 2.24) is 19.6 Å². The third kappa shape index (κ3) is 7.30. The summed E-state index contributed by atoms with van der Waals surface area (Å²) in [6.07, 6.45) is 6.76. The van der Waals surface area contributed by atoms with Crippen molar-refractivity contribution < 1.29 is 9.13 Å². The van der Waals surface area contributed by atoms with E-state index in [0.717, 1.165) is 66.2 Å². The summed E-state index contributed by atoms with van der Waals surface area (Å²) in [4.78, 5) is 0. The SMILES string of the molecule is Cc1cc(NCCCCCNc2ccc(/N=N/c3n(C)nc[n+]3C)c(C)c2)ccc1/N=N/c1n(C)nc[n+]1C. The highest BCUT2D eigenvalue weighted by molar-refractivity contribution is 5.57.